The molecule has 0 bridgehead atoms. The monoisotopic (exact) mass is 469 g/mol. The van der Waals surface area contributed by atoms with Crippen LogP contribution in [-0.4, -0.2) is 52.2 Å². The lowest BCUT2D eigenvalue weighted by molar-refractivity contribution is -0.191. The van der Waals surface area contributed by atoms with E-state index in [-0.39, 0.29) is 11.9 Å². The smallest absolute Gasteiger partial charge is 0.387 e. The Bertz CT molecular complexity index is 1050. The zero-order chi connectivity index (χ0) is 24.2. The first-order valence-electron chi connectivity index (χ1n) is 10.9. The van der Waals surface area contributed by atoms with Gasteiger partial charge in [-0.3, -0.25) is 4.98 Å². The van der Waals surface area contributed by atoms with E-state index in [2.05, 4.69) is 36.0 Å². The maximum atomic E-state index is 12.3. The van der Waals surface area contributed by atoms with Gasteiger partial charge in [0.15, 0.2) is 0 Å². The van der Waals surface area contributed by atoms with E-state index in [1.165, 1.54) is 50.0 Å². The number of ether oxygens (including phenoxy) is 1. The Morgan fingerprint density at radius 1 is 0.971 bits per heavy atom. The van der Waals surface area contributed by atoms with Crippen LogP contribution in [0.15, 0.2) is 55.1 Å². The summed E-state index contributed by atoms with van der Waals surface area (Å²) in [5.41, 5.74) is 3.62. The number of anilines is 2. The highest BCUT2D eigenvalue weighted by atomic mass is 19.3. The highest BCUT2D eigenvalue weighted by molar-refractivity contribution is 5.63. The summed E-state index contributed by atoms with van der Waals surface area (Å²) < 4.78 is 28.9. The average Bonchev–Trinajstić information content (AvgIpc) is 2.85. The maximum absolute atomic E-state index is 12.3. The van der Waals surface area contributed by atoms with E-state index in [0.29, 0.717) is 5.95 Å². The molecule has 3 heterocycles. The molecule has 0 aliphatic carbocycles. The van der Waals surface area contributed by atoms with E-state index in [1.807, 2.05) is 6.20 Å². The number of benzene rings is 1. The summed E-state index contributed by atoms with van der Waals surface area (Å²) >= 11 is 0. The number of nitrogens with zero attached hydrogens (tertiary/aromatic N) is 4. The van der Waals surface area contributed by atoms with Gasteiger partial charge in [-0.2, -0.15) is 18.4 Å². The van der Waals surface area contributed by atoms with Crippen LogP contribution >= 0.6 is 0 Å². The van der Waals surface area contributed by atoms with Gasteiger partial charge < -0.3 is 15.0 Å². The minimum absolute atomic E-state index is 0.116. The predicted molar refractivity (Wildman–Crippen MR) is 121 cm³/mol. The van der Waals surface area contributed by atoms with Gasteiger partial charge in [-0.05, 0) is 61.7 Å². The number of alkyl halides is 2. The van der Waals surface area contributed by atoms with Crippen molar-refractivity contribution in [2.24, 2.45) is 0 Å². The molecule has 0 radical (unpaired) electrons. The number of aromatic nitrogens is 3. The van der Waals surface area contributed by atoms with Gasteiger partial charge in [-0.1, -0.05) is 18.6 Å². The Morgan fingerprint density at radius 3 is 2.29 bits per heavy atom. The molecule has 178 valence electrons. The highest BCUT2D eigenvalue weighted by Gasteiger charge is 2.10. The molecule has 1 N–H and O–H groups in total. The highest BCUT2D eigenvalue weighted by Crippen LogP contribution is 2.23. The van der Waals surface area contributed by atoms with Crippen LogP contribution in [-0.2, 0) is 16.0 Å². The molecule has 0 unspecified atom stereocenters. The van der Waals surface area contributed by atoms with Crippen LogP contribution in [0.5, 0.6) is 5.75 Å². The van der Waals surface area contributed by atoms with Crippen LogP contribution in [0.1, 0.15) is 24.8 Å². The first-order chi connectivity index (χ1) is 16.6. The van der Waals surface area contributed by atoms with Gasteiger partial charge in [0.2, 0.25) is 5.95 Å². The van der Waals surface area contributed by atoms with Crippen molar-refractivity contribution in [1.82, 2.24) is 19.9 Å². The summed E-state index contributed by atoms with van der Waals surface area (Å²) in [6.45, 7) is 0.593. The second kappa shape index (κ2) is 13.1. The molecular weight excluding hydrogens is 444 g/mol. The zero-order valence-corrected chi connectivity index (χ0v) is 18.5. The fraction of sp³-hybridized carbons (Fsp3) is 0.333. The van der Waals surface area contributed by atoms with Gasteiger partial charge in [0.05, 0.1) is 11.9 Å². The Balaban J connectivity index is 0.00000103. The third-order valence-electron chi connectivity index (χ3n) is 5.28. The topological polar surface area (TPSA) is 97.3 Å². The van der Waals surface area contributed by atoms with Crippen molar-refractivity contribution in [3.05, 3.63) is 60.7 Å². The molecule has 1 aromatic carbocycles. The number of pyridine rings is 1. The number of nitrogens with one attached hydrogen (secondary N) is 1. The Kier molecular flexibility index (Phi) is 9.57. The molecule has 8 nitrogen and oxygen atoms in total. The van der Waals surface area contributed by atoms with Gasteiger partial charge in [0, 0.05) is 30.7 Å². The van der Waals surface area contributed by atoms with E-state index in [4.69, 9.17) is 9.59 Å². The summed E-state index contributed by atoms with van der Waals surface area (Å²) in [4.78, 5) is 31.8. The molecule has 1 fully saturated rings. The quantitative estimate of drug-likeness (QED) is 0.521. The molecular formula is C24H25F2N5O3. The third kappa shape index (κ3) is 7.99. The Morgan fingerprint density at radius 2 is 1.65 bits per heavy atom. The molecule has 3 aromatic rings. The normalized spacial score (nSPS) is 13.5. The van der Waals surface area contributed by atoms with Crippen molar-refractivity contribution in [3.8, 4) is 16.9 Å². The molecule has 0 atom stereocenters. The number of hydrogen-bond acceptors (Lipinski definition) is 8. The number of hydrogen-bond donors (Lipinski definition) is 1. The largest absolute Gasteiger partial charge is 0.435 e. The van der Waals surface area contributed by atoms with Gasteiger partial charge >= 0.3 is 12.8 Å². The molecule has 1 saturated heterocycles. The second-order valence-electron chi connectivity index (χ2n) is 7.64. The van der Waals surface area contributed by atoms with Gasteiger partial charge in [0.25, 0.3) is 0 Å². The van der Waals surface area contributed by atoms with E-state index < -0.39 is 6.61 Å². The molecule has 1 aliphatic rings. The van der Waals surface area contributed by atoms with E-state index in [9.17, 15) is 8.78 Å². The summed E-state index contributed by atoms with van der Waals surface area (Å²) in [5, 5.41) is 3.19. The Labute approximate surface area is 196 Å². The lowest BCUT2D eigenvalue weighted by atomic mass is 10.1. The van der Waals surface area contributed by atoms with Crippen molar-refractivity contribution in [2.45, 2.75) is 32.3 Å². The first-order valence-corrected chi connectivity index (χ1v) is 10.9. The second-order valence-corrected chi connectivity index (χ2v) is 7.64. The SMILES string of the molecule is FC(F)Oc1ccc(-c2cnc(Nc3cncc(CCN4CCCCC4)c3)nc2)cc1.O=C=O. The molecule has 0 saturated carbocycles. The third-order valence-corrected chi connectivity index (χ3v) is 5.28. The summed E-state index contributed by atoms with van der Waals surface area (Å²) in [6.07, 6.45) is 12.2. The molecule has 4 rings (SSSR count). The number of piperidine rings is 1. The first kappa shape index (κ1) is 24.9. The number of halogens is 2. The van der Waals surface area contributed by atoms with Crippen LogP contribution in [0.3, 0.4) is 0 Å². The summed E-state index contributed by atoms with van der Waals surface area (Å²) in [5.74, 6) is 0.585. The molecule has 10 heteroatoms. The number of likely N-dealkylation sites (tertiary alicyclic amines) is 1. The maximum Gasteiger partial charge on any atom is 0.387 e. The molecule has 34 heavy (non-hydrogen) atoms. The standard InChI is InChI=1S/C23H25F2N5O.CO2/c24-22(25)31-21-6-4-18(5-7-21)19-14-27-23(28-15-19)29-20-12-17(13-26-16-20)8-11-30-9-2-1-3-10-30;2-1-3/h4-7,12-16,22H,1-3,8-11H2,(H,27,28,29);. The summed E-state index contributed by atoms with van der Waals surface area (Å²) in [6, 6.07) is 8.46. The molecule has 0 amide bonds. The Hall–Kier alpha value is -3.75. The minimum atomic E-state index is -2.84. The lowest BCUT2D eigenvalue weighted by Crippen LogP contribution is -2.31. The predicted octanol–water partition coefficient (Wildman–Crippen LogP) is 4.33. The van der Waals surface area contributed by atoms with Crippen LogP contribution in [0.4, 0.5) is 20.4 Å². The summed E-state index contributed by atoms with van der Waals surface area (Å²) in [7, 11) is 0. The number of rotatable bonds is 8. The fourth-order valence-corrected chi connectivity index (χ4v) is 3.66. The van der Waals surface area contributed by atoms with E-state index >= 15 is 0 Å². The van der Waals surface area contributed by atoms with Gasteiger partial charge in [-0.15, -0.1) is 0 Å². The van der Waals surface area contributed by atoms with E-state index in [1.54, 1.807) is 30.7 Å². The van der Waals surface area contributed by atoms with Crippen molar-refractivity contribution in [2.75, 3.05) is 25.0 Å². The van der Waals surface area contributed by atoms with Crippen LogP contribution < -0.4 is 10.1 Å². The molecule has 1 aliphatic heterocycles. The van der Waals surface area contributed by atoms with E-state index in [0.717, 1.165) is 29.8 Å². The van der Waals surface area contributed by atoms with Crippen molar-refractivity contribution < 1.29 is 23.1 Å². The van der Waals surface area contributed by atoms with Crippen LogP contribution in [0, 0.1) is 0 Å². The molecule has 0 spiro atoms. The average molecular weight is 469 g/mol. The van der Waals surface area contributed by atoms with Crippen molar-refractivity contribution >= 4 is 17.8 Å². The lowest BCUT2D eigenvalue weighted by Gasteiger charge is -2.26. The minimum Gasteiger partial charge on any atom is -0.435 e. The van der Waals surface area contributed by atoms with Crippen LogP contribution in [0.25, 0.3) is 11.1 Å². The van der Waals surface area contributed by atoms with Crippen molar-refractivity contribution in [1.29, 1.82) is 0 Å². The van der Waals surface area contributed by atoms with Crippen LogP contribution in [0.2, 0.25) is 0 Å². The molecule has 2 aromatic heterocycles. The van der Waals surface area contributed by atoms with Crippen molar-refractivity contribution in [3.63, 3.8) is 0 Å². The number of carbonyl (C=O) groups excluding carboxylic acids is 2. The fourth-order valence-electron chi connectivity index (χ4n) is 3.66. The van der Waals surface area contributed by atoms with Gasteiger partial charge in [-0.25, -0.2) is 9.97 Å². The zero-order valence-electron chi connectivity index (χ0n) is 18.5. The van der Waals surface area contributed by atoms with Gasteiger partial charge in [0.1, 0.15) is 5.75 Å².